The van der Waals surface area contributed by atoms with Crippen molar-refractivity contribution in [3.05, 3.63) is 96.8 Å². The second-order valence-electron chi connectivity index (χ2n) is 9.40. The highest BCUT2D eigenvalue weighted by atomic mass is 16.5. The van der Waals surface area contributed by atoms with Crippen molar-refractivity contribution in [2.24, 2.45) is 0 Å². The Bertz CT molecular complexity index is 1550. The number of ether oxygens (including phenoxy) is 2. The lowest BCUT2D eigenvalue weighted by Gasteiger charge is -2.29. The van der Waals surface area contributed by atoms with Crippen LogP contribution >= 0.6 is 0 Å². The standard InChI is InChI=1S/C30H27N5O3/c31-28-26-27(20-14-16-24(17-15-20)37-23-11-5-2-6-12-23)34-35(29(26)33-19-32-28)22-10-7-13-25(18-22)38-30(36)21-8-3-1-4-9-21/h1-6,8-9,11-12,14-17,19,22,25H,7,10,13,18H2,(H2,31,32,33)/t22-,25+/m1/s1. The fourth-order valence-corrected chi connectivity index (χ4v) is 5.00. The van der Waals surface area contributed by atoms with E-state index in [4.69, 9.17) is 20.3 Å². The van der Waals surface area contributed by atoms with E-state index >= 15 is 0 Å². The summed E-state index contributed by atoms with van der Waals surface area (Å²) < 4.78 is 13.7. The van der Waals surface area contributed by atoms with Crippen molar-refractivity contribution in [1.82, 2.24) is 19.7 Å². The van der Waals surface area contributed by atoms with E-state index in [0.29, 0.717) is 34.5 Å². The summed E-state index contributed by atoms with van der Waals surface area (Å²) in [7, 11) is 0. The van der Waals surface area contributed by atoms with Gasteiger partial charge in [0.25, 0.3) is 0 Å². The van der Waals surface area contributed by atoms with Crippen molar-refractivity contribution in [3.8, 4) is 22.8 Å². The molecule has 0 saturated heterocycles. The van der Waals surface area contributed by atoms with E-state index in [2.05, 4.69) is 9.97 Å². The predicted octanol–water partition coefficient (Wildman–Crippen LogP) is 6.21. The maximum absolute atomic E-state index is 12.7. The lowest BCUT2D eigenvalue weighted by atomic mass is 9.93. The molecule has 2 N–H and O–H groups in total. The van der Waals surface area contributed by atoms with Crippen LogP contribution in [0.4, 0.5) is 5.82 Å². The number of fused-ring (bicyclic) bond motifs is 1. The molecule has 0 unspecified atom stereocenters. The first-order valence-electron chi connectivity index (χ1n) is 12.7. The minimum Gasteiger partial charge on any atom is -0.459 e. The molecule has 0 spiro atoms. The van der Waals surface area contributed by atoms with E-state index in [-0.39, 0.29) is 18.1 Å². The Kier molecular flexibility index (Phi) is 6.44. The predicted molar refractivity (Wildman–Crippen MR) is 145 cm³/mol. The minimum atomic E-state index is -0.299. The Morgan fingerprint density at radius 2 is 1.58 bits per heavy atom. The van der Waals surface area contributed by atoms with Crippen LogP contribution in [-0.4, -0.2) is 31.8 Å². The van der Waals surface area contributed by atoms with Crippen LogP contribution in [0.2, 0.25) is 0 Å². The third-order valence-electron chi connectivity index (χ3n) is 6.85. The van der Waals surface area contributed by atoms with Gasteiger partial charge >= 0.3 is 5.97 Å². The molecule has 2 heterocycles. The maximum atomic E-state index is 12.7. The van der Waals surface area contributed by atoms with E-state index < -0.39 is 0 Å². The number of aromatic nitrogens is 4. The van der Waals surface area contributed by atoms with Gasteiger partial charge in [0.05, 0.1) is 17.0 Å². The summed E-state index contributed by atoms with van der Waals surface area (Å²) in [6.45, 7) is 0. The van der Waals surface area contributed by atoms with Gasteiger partial charge in [-0.3, -0.25) is 0 Å². The van der Waals surface area contributed by atoms with Crippen LogP contribution in [0.1, 0.15) is 42.1 Å². The average molecular weight is 506 g/mol. The summed E-state index contributed by atoms with van der Waals surface area (Å²) >= 11 is 0. The number of rotatable bonds is 6. The number of esters is 1. The van der Waals surface area contributed by atoms with Crippen LogP contribution in [0.15, 0.2) is 91.3 Å². The monoisotopic (exact) mass is 505 g/mol. The van der Waals surface area contributed by atoms with Gasteiger partial charge in [0.2, 0.25) is 0 Å². The van der Waals surface area contributed by atoms with Gasteiger partial charge < -0.3 is 15.2 Å². The summed E-state index contributed by atoms with van der Waals surface area (Å²) in [6, 6.07) is 26.5. The third kappa shape index (κ3) is 4.80. The first-order valence-corrected chi connectivity index (χ1v) is 12.7. The summed E-state index contributed by atoms with van der Waals surface area (Å²) in [5.41, 5.74) is 9.17. The summed E-state index contributed by atoms with van der Waals surface area (Å²) in [5, 5.41) is 5.70. The third-order valence-corrected chi connectivity index (χ3v) is 6.85. The molecule has 190 valence electrons. The van der Waals surface area contributed by atoms with Crippen LogP contribution in [0.3, 0.4) is 0 Å². The Hall–Kier alpha value is -4.72. The first kappa shape index (κ1) is 23.7. The molecule has 2 atom stereocenters. The number of anilines is 1. The van der Waals surface area contributed by atoms with Gasteiger partial charge in [0.15, 0.2) is 5.65 Å². The molecule has 6 rings (SSSR count). The quantitative estimate of drug-likeness (QED) is 0.274. The number of carbonyl (C=O) groups is 1. The Morgan fingerprint density at radius 3 is 2.34 bits per heavy atom. The highest BCUT2D eigenvalue weighted by Crippen LogP contribution is 2.37. The van der Waals surface area contributed by atoms with Crippen molar-refractivity contribution >= 4 is 22.8 Å². The van der Waals surface area contributed by atoms with Crippen LogP contribution in [0.5, 0.6) is 11.5 Å². The molecule has 1 fully saturated rings. The molecular weight excluding hydrogens is 478 g/mol. The molecule has 0 radical (unpaired) electrons. The fraction of sp³-hybridized carbons (Fsp3) is 0.200. The molecule has 0 bridgehead atoms. The molecule has 1 aliphatic rings. The molecule has 2 aromatic heterocycles. The molecule has 1 saturated carbocycles. The van der Waals surface area contributed by atoms with E-state index in [1.165, 1.54) is 6.33 Å². The van der Waals surface area contributed by atoms with Gasteiger partial charge in [0.1, 0.15) is 35.4 Å². The Balaban J connectivity index is 1.27. The highest BCUT2D eigenvalue weighted by Gasteiger charge is 2.30. The first-order chi connectivity index (χ1) is 18.7. The van der Waals surface area contributed by atoms with Crippen molar-refractivity contribution in [2.75, 3.05) is 5.73 Å². The summed E-state index contributed by atoms with van der Waals surface area (Å²) in [4.78, 5) is 21.4. The maximum Gasteiger partial charge on any atom is 0.338 e. The van der Waals surface area contributed by atoms with Gasteiger partial charge in [-0.2, -0.15) is 5.10 Å². The molecule has 8 heteroatoms. The molecular formula is C30H27N5O3. The fourth-order valence-electron chi connectivity index (χ4n) is 5.00. The van der Waals surface area contributed by atoms with Gasteiger partial charge in [0, 0.05) is 12.0 Å². The normalized spacial score (nSPS) is 17.3. The van der Waals surface area contributed by atoms with Crippen molar-refractivity contribution < 1.29 is 14.3 Å². The molecule has 5 aromatic rings. The topological polar surface area (TPSA) is 105 Å². The van der Waals surface area contributed by atoms with E-state index in [0.717, 1.165) is 36.3 Å². The average Bonchev–Trinajstić information content (AvgIpc) is 3.36. The van der Waals surface area contributed by atoms with E-state index in [9.17, 15) is 4.79 Å². The second kappa shape index (κ2) is 10.3. The number of hydrogen-bond donors (Lipinski definition) is 1. The largest absolute Gasteiger partial charge is 0.459 e. The Labute approximate surface area is 220 Å². The molecule has 3 aromatic carbocycles. The van der Waals surface area contributed by atoms with Crippen LogP contribution in [-0.2, 0) is 4.74 Å². The van der Waals surface area contributed by atoms with Crippen LogP contribution in [0, 0.1) is 0 Å². The van der Waals surface area contributed by atoms with Gasteiger partial charge in [-0.15, -0.1) is 0 Å². The lowest BCUT2D eigenvalue weighted by molar-refractivity contribution is 0.0147. The smallest absolute Gasteiger partial charge is 0.338 e. The lowest BCUT2D eigenvalue weighted by Crippen LogP contribution is -2.28. The summed E-state index contributed by atoms with van der Waals surface area (Å²) in [6.07, 6.45) is 4.57. The zero-order chi connectivity index (χ0) is 25.9. The second-order valence-corrected chi connectivity index (χ2v) is 9.40. The van der Waals surface area contributed by atoms with Crippen LogP contribution < -0.4 is 10.5 Å². The zero-order valence-electron chi connectivity index (χ0n) is 20.7. The van der Waals surface area contributed by atoms with Crippen molar-refractivity contribution in [3.63, 3.8) is 0 Å². The molecule has 0 amide bonds. The number of hydrogen-bond acceptors (Lipinski definition) is 7. The van der Waals surface area contributed by atoms with E-state index in [1.54, 1.807) is 12.1 Å². The van der Waals surface area contributed by atoms with Crippen LogP contribution in [0.25, 0.3) is 22.3 Å². The SMILES string of the molecule is Nc1ncnc2c1c(-c1ccc(Oc3ccccc3)cc1)nn2[C@@H]1CCC[C@H](OC(=O)c2ccccc2)C1. The zero-order valence-corrected chi connectivity index (χ0v) is 20.7. The van der Waals surface area contributed by atoms with Gasteiger partial charge in [-0.25, -0.2) is 19.4 Å². The number of carbonyl (C=O) groups excluding carboxylic acids is 1. The molecule has 1 aliphatic carbocycles. The number of para-hydroxylation sites is 1. The van der Waals surface area contributed by atoms with Crippen molar-refractivity contribution in [2.45, 2.75) is 37.8 Å². The van der Waals surface area contributed by atoms with Gasteiger partial charge in [-0.05, 0) is 67.8 Å². The number of nitrogen functional groups attached to an aromatic ring is 1. The Morgan fingerprint density at radius 1 is 0.868 bits per heavy atom. The molecule has 0 aliphatic heterocycles. The molecule has 38 heavy (non-hydrogen) atoms. The number of nitrogens with two attached hydrogens (primary N) is 1. The highest BCUT2D eigenvalue weighted by molar-refractivity contribution is 5.98. The summed E-state index contributed by atoms with van der Waals surface area (Å²) in [5.74, 6) is 1.58. The minimum absolute atomic E-state index is 0.0172. The van der Waals surface area contributed by atoms with E-state index in [1.807, 2.05) is 77.5 Å². The van der Waals surface area contributed by atoms with Crippen molar-refractivity contribution in [1.29, 1.82) is 0 Å². The number of nitrogens with zero attached hydrogens (tertiary/aromatic N) is 4. The number of benzene rings is 3. The van der Waals surface area contributed by atoms with Gasteiger partial charge in [-0.1, -0.05) is 36.4 Å². The molecule has 8 nitrogen and oxygen atoms in total.